The van der Waals surface area contributed by atoms with E-state index in [1.165, 1.54) is 6.92 Å². The number of carboxylic acid groups (broad SMARTS) is 1. The second kappa shape index (κ2) is 6.32. The lowest BCUT2D eigenvalue weighted by Gasteiger charge is -2.25. The summed E-state index contributed by atoms with van der Waals surface area (Å²) >= 11 is 0. The third kappa shape index (κ3) is 4.84. The summed E-state index contributed by atoms with van der Waals surface area (Å²) in [6, 6.07) is 6.36. The zero-order valence-corrected chi connectivity index (χ0v) is 11.9. The monoisotopic (exact) mass is 277 g/mol. The molecule has 0 heterocycles. The van der Waals surface area contributed by atoms with Crippen LogP contribution in [0.25, 0.3) is 0 Å². The fourth-order valence-electron chi connectivity index (χ4n) is 1.72. The Labute approximate surface area is 118 Å². The molecule has 0 aliphatic heterocycles. The number of aliphatic carboxylic acids is 1. The van der Waals surface area contributed by atoms with E-state index in [2.05, 4.69) is 5.32 Å². The molecule has 2 N–H and O–H groups in total. The van der Waals surface area contributed by atoms with Gasteiger partial charge in [-0.1, -0.05) is 12.1 Å². The summed E-state index contributed by atoms with van der Waals surface area (Å²) in [5.41, 5.74) is 0.388. The summed E-state index contributed by atoms with van der Waals surface area (Å²) in [5, 5.41) is 11.5. The number of amides is 1. The van der Waals surface area contributed by atoms with Gasteiger partial charge in [-0.05, 0) is 39.3 Å². The number of ketones is 1. The van der Waals surface area contributed by atoms with E-state index in [9.17, 15) is 14.4 Å². The first kappa shape index (κ1) is 15.9. The summed E-state index contributed by atoms with van der Waals surface area (Å²) in [6.07, 6.45) is 0.343. The number of benzene rings is 1. The van der Waals surface area contributed by atoms with Crippen LogP contribution in [-0.2, 0) is 4.79 Å². The summed E-state index contributed by atoms with van der Waals surface area (Å²) in [5.74, 6) is -1.23. The van der Waals surface area contributed by atoms with Crippen molar-refractivity contribution in [2.75, 3.05) is 0 Å². The van der Waals surface area contributed by atoms with E-state index in [1.54, 1.807) is 38.1 Å². The quantitative estimate of drug-likeness (QED) is 0.781. The minimum atomic E-state index is -0.891. The third-order valence-electron chi connectivity index (χ3n) is 2.97. The maximum absolute atomic E-state index is 12.0. The van der Waals surface area contributed by atoms with Crippen molar-refractivity contribution in [3.8, 4) is 0 Å². The van der Waals surface area contributed by atoms with Crippen LogP contribution >= 0.6 is 0 Å². The first-order valence-electron chi connectivity index (χ1n) is 6.36. The van der Waals surface area contributed by atoms with Crippen LogP contribution in [0.1, 0.15) is 54.3 Å². The van der Waals surface area contributed by atoms with Crippen LogP contribution in [0.2, 0.25) is 0 Å². The summed E-state index contributed by atoms with van der Waals surface area (Å²) in [7, 11) is 0. The molecule has 0 saturated heterocycles. The fraction of sp³-hybridized carbons (Fsp3) is 0.400. The van der Waals surface area contributed by atoms with Crippen molar-refractivity contribution < 1.29 is 19.5 Å². The van der Waals surface area contributed by atoms with Crippen LogP contribution in [0.3, 0.4) is 0 Å². The third-order valence-corrected chi connectivity index (χ3v) is 2.97. The number of carbonyl (C=O) groups excluding carboxylic acids is 2. The van der Waals surface area contributed by atoms with Crippen LogP contribution in [0.15, 0.2) is 24.3 Å². The Bertz CT molecular complexity index is 517. The van der Waals surface area contributed by atoms with E-state index in [1.807, 2.05) is 0 Å². The topological polar surface area (TPSA) is 83.5 Å². The second-order valence-corrected chi connectivity index (χ2v) is 5.37. The number of nitrogens with one attached hydrogen (secondary N) is 1. The van der Waals surface area contributed by atoms with Gasteiger partial charge in [0.15, 0.2) is 5.78 Å². The van der Waals surface area contributed by atoms with E-state index in [0.29, 0.717) is 17.5 Å². The van der Waals surface area contributed by atoms with E-state index in [4.69, 9.17) is 5.11 Å². The first-order valence-corrected chi connectivity index (χ1v) is 6.36. The van der Waals surface area contributed by atoms with Gasteiger partial charge in [0.25, 0.3) is 5.91 Å². The molecule has 108 valence electrons. The van der Waals surface area contributed by atoms with Crippen LogP contribution < -0.4 is 5.32 Å². The largest absolute Gasteiger partial charge is 0.481 e. The number of hydrogen-bond donors (Lipinski definition) is 2. The van der Waals surface area contributed by atoms with E-state index < -0.39 is 11.5 Å². The zero-order chi connectivity index (χ0) is 15.3. The number of carboxylic acids is 1. The molecule has 0 bridgehead atoms. The Morgan fingerprint density at radius 1 is 1.10 bits per heavy atom. The Morgan fingerprint density at radius 2 is 1.60 bits per heavy atom. The predicted molar refractivity (Wildman–Crippen MR) is 74.9 cm³/mol. The van der Waals surface area contributed by atoms with Gasteiger partial charge in [0.1, 0.15) is 0 Å². The Hall–Kier alpha value is -2.17. The standard InChI is InChI=1S/C15H19NO4/c1-10(17)11-4-6-12(7-5-11)14(20)16-15(2,3)9-8-13(18)19/h4-7H,8-9H2,1-3H3,(H,16,20)(H,18,19). The molecular weight excluding hydrogens is 258 g/mol. The van der Waals surface area contributed by atoms with Crippen molar-refractivity contribution in [1.29, 1.82) is 0 Å². The molecule has 0 aliphatic carbocycles. The lowest BCUT2D eigenvalue weighted by atomic mass is 9.97. The smallest absolute Gasteiger partial charge is 0.303 e. The summed E-state index contributed by atoms with van der Waals surface area (Å²) in [4.78, 5) is 33.7. The van der Waals surface area contributed by atoms with Crippen molar-refractivity contribution >= 4 is 17.7 Å². The minimum Gasteiger partial charge on any atom is -0.481 e. The molecule has 0 spiro atoms. The molecular formula is C15H19NO4. The molecule has 0 aliphatic rings. The highest BCUT2D eigenvalue weighted by atomic mass is 16.4. The van der Waals surface area contributed by atoms with Crippen LogP contribution in [0.5, 0.6) is 0 Å². The molecule has 5 heteroatoms. The predicted octanol–water partition coefficient (Wildman–Crippen LogP) is 2.26. The highest BCUT2D eigenvalue weighted by Crippen LogP contribution is 2.13. The molecule has 1 aromatic carbocycles. The number of carbonyl (C=O) groups is 3. The Kier molecular flexibility index (Phi) is 5.02. The van der Waals surface area contributed by atoms with Crippen molar-refractivity contribution in [2.45, 2.75) is 39.2 Å². The summed E-state index contributed by atoms with van der Waals surface area (Å²) < 4.78 is 0. The molecule has 20 heavy (non-hydrogen) atoms. The van der Waals surface area contributed by atoms with Gasteiger partial charge >= 0.3 is 5.97 Å². The van der Waals surface area contributed by atoms with Gasteiger partial charge in [-0.2, -0.15) is 0 Å². The highest BCUT2D eigenvalue weighted by Gasteiger charge is 2.22. The molecule has 0 fully saturated rings. The minimum absolute atomic E-state index is 0.00342. The molecule has 0 aromatic heterocycles. The van der Waals surface area contributed by atoms with Gasteiger partial charge in [-0.3, -0.25) is 14.4 Å². The zero-order valence-electron chi connectivity index (χ0n) is 11.9. The van der Waals surface area contributed by atoms with Crippen LogP contribution in [0, 0.1) is 0 Å². The van der Waals surface area contributed by atoms with Crippen molar-refractivity contribution in [3.05, 3.63) is 35.4 Å². The molecule has 0 saturated carbocycles. The van der Waals surface area contributed by atoms with Crippen LogP contribution in [0.4, 0.5) is 0 Å². The van der Waals surface area contributed by atoms with Crippen LogP contribution in [-0.4, -0.2) is 28.3 Å². The fourth-order valence-corrected chi connectivity index (χ4v) is 1.72. The van der Waals surface area contributed by atoms with Crippen molar-refractivity contribution in [1.82, 2.24) is 5.32 Å². The maximum Gasteiger partial charge on any atom is 0.303 e. The van der Waals surface area contributed by atoms with Gasteiger partial charge in [-0.25, -0.2) is 0 Å². The van der Waals surface area contributed by atoms with Gasteiger partial charge in [0.2, 0.25) is 0 Å². The SMILES string of the molecule is CC(=O)c1ccc(C(=O)NC(C)(C)CCC(=O)O)cc1. The number of rotatable bonds is 6. The van der Waals surface area contributed by atoms with Crippen molar-refractivity contribution in [3.63, 3.8) is 0 Å². The maximum atomic E-state index is 12.0. The second-order valence-electron chi connectivity index (χ2n) is 5.37. The van der Waals surface area contributed by atoms with Crippen molar-refractivity contribution in [2.24, 2.45) is 0 Å². The Morgan fingerprint density at radius 3 is 2.05 bits per heavy atom. The molecule has 1 aromatic rings. The van der Waals surface area contributed by atoms with E-state index >= 15 is 0 Å². The molecule has 0 unspecified atom stereocenters. The summed E-state index contributed by atoms with van der Waals surface area (Å²) in [6.45, 7) is 5.01. The molecule has 1 rings (SSSR count). The normalized spacial score (nSPS) is 10.9. The van der Waals surface area contributed by atoms with Gasteiger partial charge in [0, 0.05) is 23.1 Å². The van der Waals surface area contributed by atoms with Gasteiger partial charge in [0.05, 0.1) is 0 Å². The molecule has 0 atom stereocenters. The average molecular weight is 277 g/mol. The first-order chi connectivity index (χ1) is 9.21. The molecule has 1 amide bonds. The van der Waals surface area contributed by atoms with E-state index in [0.717, 1.165) is 0 Å². The van der Waals surface area contributed by atoms with Gasteiger partial charge in [-0.15, -0.1) is 0 Å². The molecule has 5 nitrogen and oxygen atoms in total. The molecule has 0 radical (unpaired) electrons. The van der Waals surface area contributed by atoms with E-state index in [-0.39, 0.29) is 18.1 Å². The van der Waals surface area contributed by atoms with Gasteiger partial charge < -0.3 is 10.4 Å². The lowest BCUT2D eigenvalue weighted by molar-refractivity contribution is -0.137. The highest BCUT2D eigenvalue weighted by molar-refractivity contribution is 5.97. The Balaban J connectivity index is 2.70. The average Bonchev–Trinajstić information content (AvgIpc) is 2.36. The lowest BCUT2D eigenvalue weighted by Crippen LogP contribution is -2.43. The number of Topliss-reactive ketones (excluding diaryl/α,β-unsaturated/α-hetero) is 1. The number of hydrogen-bond acceptors (Lipinski definition) is 3.